The number of carbonyl (C=O) groups excluding carboxylic acids is 1. The van der Waals surface area contributed by atoms with E-state index in [0.29, 0.717) is 5.91 Å². The van der Waals surface area contributed by atoms with E-state index in [1.54, 1.807) is 11.3 Å². The number of carbonyl (C=O) groups is 2. The van der Waals surface area contributed by atoms with Crippen LogP contribution < -0.4 is 0 Å². The Morgan fingerprint density at radius 3 is 2.56 bits per heavy atom. The highest BCUT2D eigenvalue weighted by molar-refractivity contribution is 7.11. The van der Waals surface area contributed by atoms with Crippen molar-refractivity contribution in [1.82, 2.24) is 9.80 Å². The monoisotopic (exact) mass is 362 g/mol. The number of thiophene rings is 1. The van der Waals surface area contributed by atoms with E-state index in [4.69, 9.17) is 0 Å². The average molecular weight is 362 g/mol. The summed E-state index contributed by atoms with van der Waals surface area (Å²) in [6.07, 6.45) is 4.70. The number of hydrogen-bond donors (Lipinski definition) is 1. The Morgan fingerprint density at radius 2 is 2.00 bits per heavy atom. The molecule has 0 bridgehead atoms. The Bertz CT molecular complexity index is 674. The minimum absolute atomic E-state index is 0.0652. The number of aliphatic carboxylic acids is 1. The van der Waals surface area contributed by atoms with Crippen molar-refractivity contribution in [2.75, 3.05) is 19.6 Å². The van der Waals surface area contributed by atoms with Gasteiger partial charge in [-0.2, -0.15) is 0 Å². The molecule has 3 heterocycles. The molecule has 1 saturated carbocycles. The van der Waals surface area contributed by atoms with Crippen LogP contribution in [0.2, 0.25) is 0 Å². The summed E-state index contributed by atoms with van der Waals surface area (Å²) in [6.45, 7) is 5.25. The molecule has 2 aliphatic heterocycles. The van der Waals surface area contributed by atoms with Crippen molar-refractivity contribution in [2.45, 2.75) is 51.6 Å². The minimum atomic E-state index is -0.707. The molecule has 5 nitrogen and oxygen atoms in total. The van der Waals surface area contributed by atoms with Crippen molar-refractivity contribution < 1.29 is 14.7 Å². The molecule has 136 valence electrons. The van der Waals surface area contributed by atoms with E-state index in [1.807, 2.05) is 4.90 Å². The zero-order valence-corrected chi connectivity index (χ0v) is 15.6. The Morgan fingerprint density at radius 1 is 1.28 bits per heavy atom. The van der Waals surface area contributed by atoms with Crippen molar-refractivity contribution in [1.29, 1.82) is 0 Å². The summed E-state index contributed by atoms with van der Waals surface area (Å²) < 4.78 is 0. The molecule has 1 aromatic rings. The molecule has 2 saturated heterocycles. The fourth-order valence-electron chi connectivity index (χ4n) is 4.48. The van der Waals surface area contributed by atoms with Crippen LogP contribution in [0.4, 0.5) is 0 Å². The summed E-state index contributed by atoms with van der Waals surface area (Å²) in [5, 5.41) is 9.70. The van der Waals surface area contributed by atoms with Crippen molar-refractivity contribution in [3.05, 3.63) is 21.9 Å². The van der Waals surface area contributed by atoms with Gasteiger partial charge in [-0.25, -0.2) is 0 Å². The highest BCUT2D eigenvalue weighted by Crippen LogP contribution is 2.45. The number of hydrogen-bond acceptors (Lipinski definition) is 4. The van der Waals surface area contributed by atoms with E-state index in [1.165, 1.54) is 9.75 Å². The Kier molecular flexibility index (Phi) is 4.36. The molecular formula is C19H26N2O3S. The molecule has 0 radical (unpaired) electrons. The van der Waals surface area contributed by atoms with Gasteiger partial charge in [0, 0.05) is 41.9 Å². The van der Waals surface area contributed by atoms with Crippen molar-refractivity contribution in [3.63, 3.8) is 0 Å². The van der Waals surface area contributed by atoms with Crippen LogP contribution in [0.3, 0.4) is 0 Å². The van der Waals surface area contributed by atoms with Crippen LogP contribution in [0, 0.1) is 18.3 Å². The highest BCUT2D eigenvalue weighted by Gasteiger charge is 2.49. The maximum atomic E-state index is 12.3. The zero-order chi connectivity index (χ0) is 17.6. The molecule has 6 heteroatoms. The van der Waals surface area contributed by atoms with Crippen molar-refractivity contribution >= 4 is 23.2 Å². The maximum absolute atomic E-state index is 12.3. The van der Waals surface area contributed by atoms with Crippen LogP contribution in [0.15, 0.2) is 12.1 Å². The second-order valence-corrected chi connectivity index (χ2v) is 9.45. The van der Waals surface area contributed by atoms with Crippen LogP contribution in [0.1, 0.15) is 41.9 Å². The van der Waals surface area contributed by atoms with Crippen LogP contribution in [-0.4, -0.2) is 52.5 Å². The number of likely N-dealkylation sites (tertiary alicyclic amines) is 2. The second-order valence-electron chi connectivity index (χ2n) is 8.08. The van der Waals surface area contributed by atoms with Crippen LogP contribution in [-0.2, 0) is 16.1 Å². The van der Waals surface area contributed by atoms with Gasteiger partial charge >= 0.3 is 5.97 Å². The number of nitrogens with zero attached hydrogens (tertiary/aromatic N) is 2. The molecule has 1 aliphatic carbocycles. The molecule has 1 spiro atoms. The van der Waals surface area contributed by atoms with E-state index < -0.39 is 12.0 Å². The van der Waals surface area contributed by atoms with E-state index >= 15 is 0 Å². The van der Waals surface area contributed by atoms with Gasteiger partial charge in [0.15, 0.2) is 0 Å². The van der Waals surface area contributed by atoms with Crippen molar-refractivity contribution in [2.24, 2.45) is 11.3 Å². The summed E-state index contributed by atoms with van der Waals surface area (Å²) in [4.78, 5) is 30.7. The minimum Gasteiger partial charge on any atom is -0.480 e. The zero-order valence-electron chi connectivity index (χ0n) is 14.7. The predicted molar refractivity (Wildman–Crippen MR) is 96.5 cm³/mol. The number of carboxylic acids is 1. The number of carboxylic acid groups (broad SMARTS) is 1. The van der Waals surface area contributed by atoms with Crippen molar-refractivity contribution in [3.8, 4) is 0 Å². The molecule has 1 N–H and O–H groups in total. The van der Waals surface area contributed by atoms with E-state index in [9.17, 15) is 14.7 Å². The lowest BCUT2D eigenvalue weighted by Gasteiger charge is -2.39. The fourth-order valence-corrected chi connectivity index (χ4v) is 5.39. The van der Waals surface area contributed by atoms with E-state index in [2.05, 4.69) is 24.0 Å². The van der Waals surface area contributed by atoms with Gasteiger partial charge < -0.3 is 10.0 Å². The highest BCUT2D eigenvalue weighted by atomic mass is 32.1. The standard InChI is InChI=1S/C19H26N2O3S/c1-13-2-5-15(25-13)11-21-12-19(10-16(21)18(23)24)6-8-20(9-7-19)17(22)14-3-4-14/h2,5,14,16H,3-4,6-12H2,1H3,(H,23,24). The van der Waals surface area contributed by atoms with Gasteiger partial charge in [0.1, 0.15) is 6.04 Å². The second kappa shape index (κ2) is 6.40. The summed E-state index contributed by atoms with van der Waals surface area (Å²) in [6, 6.07) is 3.82. The topological polar surface area (TPSA) is 60.9 Å². The Balaban J connectivity index is 1.42. The molecule has 25 heavy (non-hydrogen) atoms. The fraction of sp³-hybridized carbons (Fsp3) is 0.684. The lowest BCUT2D eigenvalue weighted by molar-refractivity contribution is -0.142. The lowest BCUT2D eigenvalue weighted by atomic mass is 9.76. The van der Waals surface area contributed by atoms with Gasteiger partial charge in [-0.1, -0.05) is 0 Å². The van der Waals surface area contributed by atoms with Gasteiger partial charge in [-0.05, 0) is 56.6 Å². The maximum Gasteiger partial charge on any atom is 0.320 e. The normalized spacial score (nSPS) is 26.3. The third kappa shape index (κ3) is 3.47. The molecule has 4 rings (SSSR count). The molecule has 3 aliphatic rings. The molecule has 3 fully saturated rings. The SMILES string of the molecule is Cc1ccc(CN2CC3(CCN(C(=O)C4CC4)CC3)CC2C(=O)O)s1. The molecule has 1 aromatic heterocycles. The summed E-state index contributed by atoms with van der Waals surface area (Å²) in [5.41, 5.74) is 0.0652. The molecule has 1 unspecified atom stereocenters. The summed E-state index contributed by atoms with van der Waals surface area (Å²) in [7, 11) is 0. The Hall–Kier alpha value is -1.40. The molecule has 1 amide bonds. The largest absolute Gasteiger partial charge is 0.480 e. The van der Waals surface area contributed by atoms with Gasteiger partial charge in [0.05, 0.1) is 0 Å². The number of aryl methyl sites for hydroxylation is 1. The number of rotatable bonds is 4. The van der Waals surface area contributed by atoms with Gasteiger partial charge in [-0.3, -0.25) is 14.5 Å². The molecule has 0 aromatic carbocycles. The summed E-state index contributed by atoms with van der Waals surface area (Å²) in [5.74, 6) is -0.0989. The number of piperidine rings is 1. The van der Waals surface area contributed by atoms with Gasteiger partial charge in [-0.15, -0.1) is 11.3 Å². The Labute approximate surface area is 152 Å². The average Bonchev–Trinajstić information content (AvgIpc) is 3.27. The van der Waals surface area contributed by atoms with Gasteiger partial charge in [0.2, 0.25) is 5.91 Å². The van der Waals surface area contributed by atoms with Crippen LogP contribution in [0.25, 0.3) is 0 Å². The first-order valence-corrected chi connectivity index (χ1v) is 10.1. The first kappa shape index (κ1) is 17.0. The van der Waals surface area contributed by atoms with Crippen LogP contribution in [0.5, 0.6) is 0 Å². The quantitative estimate of drug-likeness (QED) is 0.895. The first-order chi connectivity index (χ1) is 12.0. The third-order valence-corrected chi connectivity index (χ3v) is 7.09. The van der Waals surface area contributed by atoms with E-state index in [0.717, 1.165) is 58.3 Å². The molecular weight excluding hydrogens is 336 g/mol. The lowest BCUT2D eigenvalue weighted by Crippen LogP contribution is -2.44. The molecule has 1 atom stereocenters. The third-order valence-electron chi connectivity index (χ3n) is 6.11. The number of amides is 1. The predicted octanol–water partition coefficient (Wildman–Crippen LogP) is 2.73. The van der Waals surface area contributed by atoms with Crippen LogP contribution >= 0.6 is 11.3 Å². The first-order valence-electron chi connectivity index (χ1n) is 9.27. The summed E-state index contributed by atoms with van der Waals surface area (Å²) >= 11 is 1.75. The van der Waals surface area contributed by atoms with Gasteiger partial charge in [0.25, 0.3) is 0 Å². The smallest absolute Gasteiger partial charge is 0.320 e. The van der Waals surface area contributed by atoms with E-state index in [-0.39, 0.29) is 11.3 Å².